The maximum atomic E-state index is 12.8. The van der Waals surface area contributed by atoms with Gasteiger partial charge in [-0.05, 0) is 63.7 Å². The summed E-state index contributed by atoms with van der Waals surface area (Å²) in [6.45, 7) is 1.46. The van der Waals surface area contributed by atoms with Crippen molar-refractivity contribution in [3.8, 4) is 0 Å². The van der Waals surface area contributed by atoms with E-state index in [2.05, 4.69) is 25.7 Å². The van der Waals surface area contributed by atoms with Crippen LogP contribution in [0.1, 0.15) is 34.5 Å². The van der Waals surface area contributed by atoms with Crippen LogP contribution < -0.4 is 10.6 Å². The maximum Gasteiger partial charge on any atom is 0.289 e. The van der Waals surface area contributed by atoms with Gasteiger partial charge in [0.15, 0.2) is 5.58 Å². The Morgan fingerprint density at radius 2 is 2.17 bits per heavy atom. The number of furan rings is 1. The van der Waals surface area contributed by atoms with Crippen LogP contribution in [-0.2, 0) is 6.42 Å². The molecule has 0 saturated carbocycles. The number of fused-ring (bicyclic) bond motifs is 2. The molecule has 30 heavy (non-hydrogen) atoms. The van der Waals surface area contributed by atoms with Crippen molar-refractivity contribution < 1.29 is 14.4 Å². The van der Waals surface area contributed by atoms with E-state index in [1.54, 1.807) is 12.4 Å². The lowest BCUT2D eigenvalue weighted by Gasteiger charge is -2.11. The number of amides is 1. The van der Waals surface area contributed by atoms with Gasteiger partial charge in [-0.1, -0.05) is 11.2 Å². The number of oxime groups is 1. The second-order valence-electron chi connectivity index (χ2n) is 7.63. The Balaban J connectivity index is 1.60. The fourth-order valence-electron chi connectivity index (χ4n) is 3.71. The normalized spacial score (nSPS) is 14.4. The van der Waals surface area contributed by atoms with Crippen LogP contribution in [0.5, 0.6) is 0 Å². The molecule has 1 amide bonds. The van der Waals surface area contributed by atoms with Crippen molar-refractivity contribution in [1.82, 2.24) is 15.2 Å². The molecule has 3 aromatic rings. The maximum absolute atomic E-state index is 12.8. The van der Waals surface area contributed by atoms with Gasteiger partial charge in [0.1, 0.15) is 0 Å². The third-order valence-electron chi connectivity index (χ3n) is 5.20. The lowest BCUT2D eigenvalue weighted by atomic mass is 10.1. The highest BCUT2D eigenvalue weighted by Crippen LogP contribution is 2.34. The number of hydrogen-bond donors (Lipinski definition) is 3. The molecule has 0 aliphatic heterocycles. The number of aryl methyl sites for hydroxylation is 1. The molecule has 8 nitrogen and oxygen atoms in total. The first-order valence-corrected chi connectivity index (χ1v) is 9.97. The van der Waals surface area contributed by atoms with Gasteiger partial charge in [-0.2, -0.15) is 0 Å². The number of nitrogens with one attached hydrogen (secondary N) is 2. The highest BCUT2D eigenvalue weighted by molar-refractivity contribution is 6.07. The van der Waals surface area contributed by atoms with Crippen LogP contribution in [0.25, 0.3) is 11.0 Å². The topological polar surface area (TPSA) is 103 Å². The van der Waals surface area contributed by atoms with Crippen molar-refractivity contribution in [3.63, 3.8) is 0 Å². The number of carbonyl (C=O) groups is 1. The molecule has 0 saturated heterocycles. The summed E-state index contributed by atoms with van der Waals surface area (Å²) in [5.41, 5.74) is 4.78. The van der Waals surface area contributed by atoms with Crippen LogP contribution in [0, 0.1) is 0 Å². The largest absolute Gasteiger partial charge is 0.447 e. The standard InChI is InChI=1S/C22H25N5O3/c1-27(2)11-3-9-24-22(28)21-20(17-8-10-23-13-19(17)30-21)25-15-5-6-16-14(12-15)4-7-18(16)26-29/h5-6,8,10,12-13,25,29H,3-4,7,9,11H2,1-2H3,(H,24,28)/b26-18+. The molecule has 3 N–H and O–H groups in total. The molecule has 1 aromatic carbocycles. The quantitative estimate of drug-likeness (QED) is 0.315. The number of nitrogens with zero attached hydrogens (tertiary/aromatic N) is 3. The van der Waals surface area contributed by atoms with E-state index in [1.807, 2.05) is 38.4 Å². The predicted molar refractivity (Wildman–Crippen MR) is 116 cm³/mol. The average molecular weight is 407 g/mol. The number of aromatic nitrogens is 1. The minimum Gasteiger partial charge on any atom is -0.447 e. The summed E-state index contributed by atoms with van der Waals surface area (Å²) in [4.78, 5) is 19.0. The average Bonchev–Trinajstić information content (AvgIpc) is 3.32. The SMILES string of the molecule is CN(C)CCCNC(=O)c1oc2cnccc2c1Nc1ccc2c(c1)CC/C2=N\O. The van der Waals surface area contributed by atoms with Crippen molar-refractivity contribution >= 4 is 34.0 Å². The molecule has 8 heteroatoms. The van der Waals surface area contributed by atoms with Crippen LogP contribution in [0.2, 0.25) is 0 Å². The Kier molecular flexibility index (Phi) is 5.67. The monoisotopic (exact) mass is 407 g/mol. The Labute approximate surface area is 174 Å². The van der Waals surface area contributed by atoms with E-state index >= 15 is 0 Å². The fraction of sp³-hybridized carbons (Fsp3) is 0.318. The molecule has 0 atom stereocenters. The van der Waals surface area contributed by atoms with Gasteiger partial charge in [-0.3, -0.25) is 9.78 Å². The van der Waals surface area contributed by atoms with Crippen LogP contribution in [0.4, 0.5) is 11.4 Å². The second-order valence-corrected chi connectivity index (χ2v) is 7.63. The summed E-state index contributed by atoms with van der Waals surface area (Å²) in [7, 11) is 4.00. The molecule has 0 fully saturated rings. The molecule has 2 heterocycles. The zero-order chi connectivity index (χ0) is 21.1. The third-order valence-corrected chi connectivity index (χ3v) is 5.20. The van der Waals surface area contributed by atoms with Crippen LogP contribution in [-0.4, -0.2) is 53.9 Å². The van der Waals surface area contributed by atoms with E-state index < -0.39 is 0 Å². The number of carbonyl (C=O) groups excluding carboxylic acids is 1. The van der Waals surface area contributed by atoms with Crippen molar-refractivity contribution in [3.05, 3.63) is 53.5 Å². The number of anilines is 2. The lowest BCUT2D eigenvalue weighted by Crippen LogP contribution is -2.27. The summed E-state index contributed by atoms with van der Waals surface area (Å²) in [6.07, 6.45) is 5.67. The number of benzene rings is 1. The van der Waals surface area contributed by atoms with E-state index in [9.17, 15) is 4.79 Å². The third kappa shape index (κ3) is 3.99. The Morgan fingerprint density at radius 3 is 2.97 bits per heavy atom. The van der Waals surface area contributed by atoms with E-state index in [0.29, 0.717) is 23.5 Å². The van der Waals surface area contributed by atoms with Gasteiger partial charge in [0.25, 0.3) is 5.91 Å². The van der Waals surface area contributed by atoms with Gasteiger partial charge >= 0.3 is 0 Å². The molecule has 0 unspecified atom stereocenters. The van der Waals surface area contributed by atoms with E-state index in [4.69, 9.17) is 9.62 Å². The Bertz CT molecular complexity index is 1100. The fourth-order valence-corrected chi connectivity index (χ4v) is 3.71. The summed E-state index contributed by atoms with van der Waals surface area (Å²) in [5, 5.41) is 19.6. The second kappa shape index (κ2) is 8.54. The first-order chi connectivity index (χ1) is 14.6. The molecule has 156 valence electrons. The van der Waals surface area contributed by atoms with Crippen molar-refractivity contribution in [2.75, 3.05) is 32.5 Å². The minimum atomic E-state index is -0.261. The molecule has 0 spiro atoms. The molecule has 0 bridgehead atoms. The molecule has 1 aliphatic carbocycles. The van der Waals surface area contributed by atoms with Gasteiger partial charge in [0.05, 0.1) is 17.6 Å². The summed E-state index contributed by atoms with van der Waals surface area (Å²) >= 11 is 0. The highest BCUT2D eigenvalue weighted by atomic mass is 16.4. The minimum absolute atomic E-state index is 0.237. The molecule has 1 aliphatic rings. The van der Waals surface area contributed by atoms with Crippen molar-refractivity contribution in [1.29, 1.82) is 0 Å². The lowest BCUT2D eigenvalue weighted by molar-refractivity contribution is 0.0928. The first kappa shape index (κ1) is 19.9. The van der Waals surface area contributed by atoms with Gasteiger partial charge in [-0.25, -0.2) is 0 Å². The highest BCUT2D eigenvalue weighted by Gasteiger charge is 2.22. The number of pyridine rings is 1. The van der Waals surface area contributed by atoms with E-state index in [1.165, 1.54) is 0 Å². The van der Waals surface area contributed by atoms with E-state index in [0.717, 1.165) is 48.0 Å². The van der Waals surface area contributed by atoms with Gasteiger partial charge < -0.3 is 25.2 Å². The molecule has 2 aromatic heterocycles. The first-order valence-electron chi connectivity index (χ1n) is 9.97. The van der Waals surface area contributed by atoms with Gasteiger partial charge in [-0.15, -0.1) is 0 Å². The molecular formula is C22H25N5O3. The Hall–Kier alpha value is -3.39. The van der Waals surface area contributed by atoms with Gasteiger partial charge in [0.2, 0.25) is 5.76 Å². The predicted octanol–water partition coefficient (Wildman–Crippen LogP) is 3.38. The summed E-state index contributed by atoms with van der Waals surface area (Å²) < 4.78 is 5.84. The van der Waals surface area contributed by atoms with Crippen LogP contribution in [0.3, 0.4) is 0 Å². The number of hydrogen-bond acceptors (Lipinski definition) is 7. The summed E-state index contributed by atoms with van der Waals surface area (Å²) in [6, 6.07) is 7.69. The smallest absolute Gasteiger partial charge is 0.289 e. The zero-order valence-electron chi connectivity index (χ0n) is 17.1. The van der Waals surface area contributed by atoms with E-state index in [-0.39, 0.29) is 11.7 Å². The van der Waals surface area contributed by atoms with Crippen molar-refractivity contribution in [2.24, 2.45) is 5.16 Å². The van der Waals surface area contributed by atoms with Crippen molar-refractivity contribution in [2.45, 2.75) is 19.3 Å². The molecular weight excluding hydrogens is 382 g/mol. The zero-order valence-corrected chi connectivity index (χ0v) is 17.1. The Morgan fingerprint density at radius 1 is 1.30 bits per heavy atom. The van der Waals surface area contributed by atoms with Crippen LogP contribution >= 0.6 is 0 Å². The van der Waals surface area contributed by atoms with Crippen LogP contribution in [0.15, 0.2) is 46.2 Å². The molecule has 4 rings (SSSR count). The molecule has 0 radical (unpaired) electrons. The van der Waals surface area contributed by atoms with Gasteiger partial charge in [0, 0.05) is 29.4 Å². The number of rotatable bonds is 7. The summed E-state index contributed by atoms with van der Waals surface area (Å²) in [5.74, 6) is -0.0238.